The molecule has 0 spiro atoms. The minimum absolute atomic E-state index is 0.163. The van der Waals surface area contributed by atoms with Crippen LogP contribution < -0.4 is 5.32 Å². The van der Waals surface area contributed by atoms with E-state index in [9.17, 15) is 13.2 Å². The molecular formula is C10H11ClF3NO. The van der Waals surface area contributed by atoms with Crippen LogP contribution in [0.25, 0.3) is 0 Å². The number of alkyl halides is 3. The van der Waals surface area contributed by atoms with Gasteiger partial charge in [-0.15, -0.1) is 0 Å². The lowest BCUT2D eigenvalue weighted by atomic mass is 10.2. The maximum atomic E-state index is 12.5. The van der Waals surface area contributed by atoms with Crippen LogP contribution in [-0.2, 0) is 6.18 Å². The van der Waals surface area contributed by atoms with Crippen molar-refractivity contribution in [3.63, 3.8) is 0 Å². The van der Waals surface area contributed by atoms with E-state index in [0.29, 0.717) is 0 Å². The van der Waals surface area contributed by atoms with E-state index in [1.54, 1.807) is 6.92 Å². The zero-order valence-electron chi connectivity index (χ0n) is 8.48. The molecule has 1 atom stereocenters. The van der Waals surface area contributed by atoms with Crippen LogP contribution in [-0.4, -0.2) is 17.8 Å². The highest BCUT2D eigenvalue weighted by Crippen LogP contribution is 2.36. The molecule has 0 heterocycles. The average Bonchev–Trinajstić information content (AvgIpc) is 2.19. The predicted octanol–water partition coefficient (Wildman–Crippen LogP) is 3.15. The molecule has 0 fully saturated rings. The molecule has 1 unspecified atom stereocenters. The van der Waals surface area contributed by atoms with Crippen molar-refractivity contribution in [1.29, 1.82) is 0 Å². The number of hydrogen-bond donors (Lipinski definition) is 2. The first-order chi connectivity index (χ1) is 7.34. The van der Waals surface area contributed by atoms with Gasteiger partial charge in [0, 0.05) is 11.7 Å². The van der Waals surface area contributed by atoms with E-state index in [2.05, 4.69) is 5.32 Å². The normalized spacial score (nSPS) is 13.6. The topological polar surface area (TPSA) is 32.3 Å². The van der Waals surface area contributed by atoms with Crippen LogP contribution in [0.2, 0.25) is 5.02 Å². The second-order valence-corrected chi connectivity index (χ2v) is 3.83. The van der Waals surface area contributed by atoms with Gasteiger partial charge in [0.2, 0.25) is 0 Å². The number of nitrogens with one attached hydrogen (secondary N) is 1. The fourth-order valence-corrected chi connectivity index (χ4v) is 1.39. The molecule has 1 aromatic rings. The minimum atomic E-state index is -4.47. The summed E-state index contributed by atoms with van der Waals surface area (Å²) in [7, 11) is 0. The molecule has 2 N–H and O–H groups in total. The predicted molar refractivity (Wildman–Crippen MR) is 56.6 cm³/mol. The molecule has 0 aliphatic carbocycles. The molecule has 0 aliphatic heterocycles. The first-order valence-electron chi connectivity index (χ1n) is 4.58. The van der Waals surface area contributed by atoms with Crippen molar-refractivity contribution < 1.29 is 18.3 Å². The minimum Gasteiger partial charge on any atom is -0.394 e. The first-order valence-corrected chi connectivity index (χ1v) is 4.96. The lowest BCUT2D eigenvalue weighted by Crippen LogP contribution is -2.19. The fraction of sp³-hybridized carbons (Fsp3) is 0.400. The van der Waals surface area contributed by atoms with Crippen molar-refractivity contribution in [2.75, 3.05) is 11.9 Å². The summed E-state index contributed by atoms with van der Waals surface area (Å²) in [6.07, 6.45) is -4.47. The maximum absolute atomic E-state index is 12.5. The Bertz CT molecular complexity index is 368. The molecule has 0 saturated carbocycles. The molecule has 0 saturated heterocycles. The van der Waals surface area contributed by atoms with Crippen LogP contribution in [0.15, 0.2) is 18.2 Å². The van der Waals surface area contributed by atoms with Crippen molar-refractivity contribution in [3.05, 3.63) is 28.8 Å². The average molecular weight is 254 g/mol. The Hall–Kier alpha value is -0.940. The Morgan fingerprint density at radius 3 is 2.56 bits per heavy atom. The summed E-state index contributed by atoms with van der Waals surface area (Å²) < 4.78 is 37.5. The third-order valence-corrected chi connectivity index (χ3v) is 2.29. The standard InChI is InChI=1S/C10H11ClF3NO/c1-6(5-16)15-7-2-3-9(11)8(4-7)10(12,13)14/h2-4,6,15-16H,5H2,1H3. The Morgan fingerprint density at radius 1 is 1.44 bits per heavy atom. The molecular weight excluding hydrogens is 243 g/mol. The summed E-state index contributed by atoms with van der Waals surface area (Å²) in [6, 6.07) is 3.22. The zero-order chi connectivity index (χ0) is 12.3. The Balaban J connectivity index is 2.99. The zero-order valence-corrected chi connectivity index (χ0v) is 9.23. The molecule has 2 nitrogen and oxygen atoms in total. The number of aliphatic hydroxyl groups is 1. The molecule has 6 heteroatoms. The van der Waals surface area contributed by atoms with Crippen LogP contribution in [0.3, 0.4) is 0 Å². The van der Waals surface area contributed by atoms with Gasteiger partial charge in [0.25, 0.3) is 0 Å². The van der Waals surface area contributed by atoms with E-state index >= 15 is 0 Å². The van der Waals surface area contributed by atoms with E-state index in [1.807, 2.05) is 0 Å². The van der Waals surface area contributed by atoms with Gasteiger partial charge in [-0.1, -0.05) is 11.6 Å². The molecule has 0 aromatic heterocycles. The smallest absolute Gasteiger partial charge is 0.394 e. The number of halogens is 4. The summed E-state index contributed by atoms with van der Waals surface area (Å²) in [4.78, 5) is 0. The van der Waals surface area contributed by atoms with Gasteiger partial charge in [-0.05, 0) is 25.1 Å². The second-order valence-electron chi connectivity index (χ2n) is 3.42. The number of anilines is 1. The Labute approximate surface area is 96.0 Å². The number of hydrogen-bond acceptors (Lipinski definition) is 2. The quantitative estimate of drug-likeness (QED) is 0.867. The van der Waals surface area contributed by atoms with Crippen LogP contribution in [0.1, 0.15) is 12.5 Å². The molecule has 0 radical (unpaired) electrons. The van der Waals surface area contributed by atoms with Crippen LogP contribution in [0.5, 0.6) is 0 Å². The van der Waals surface area contributed by atoms with Gasteiger partial charge >= 0.3 is 6.18 Å². The summed E-state index contributed by atoms with van der Waals surface area (Å²) in [5.74, 6) is 0. The van der Waals surface area contributed by atoms with E-state index < -0.39 is 11.7 Å². The lowest BCUT2D eigenvalue weighted by Gasteiger charge is -2.15. The highest BCUT2D eigenvalue weighted by atomic mass is 35.5. The Morgan fingerprint density at radius 2 is 2.06 bits per heavy atom. The van der Waals surface area contributed by atoms with Gasteiger partial charge in [0.1, 0.15) is 0 Å². The molecule has 0 amide bonds. The monoisotopic (exact) mass is 253 g/mol. The van der Waals surface area contributed by atoms with Crippen molar-refractivity contribution >= 4 is 17.3 Å². The van der Waals surface area contributed by atoms with Crippen LogP contribution >= 0.6 is 11.6 Å². The number of rotatable bonds is 3. The summed E-state index contributed by atoms with van der Waals surface area (Å²) >= 11 is 5.45. The van der Waals surface area contributed by atoms with Crippen LogP contribution in [0, 0.1) is 0 Å². The SMILES string of the molecule is CC(CO)Nc1ccc(Cl)c(C(F)(F)F)c1. The third-order valence-electron chi connectivity index (χ3n) is 1.96. The molecule has 16 heavy (non-hydrogen) atoms. The summed E-state index contributed by atoms with van der Waals surface area (Å²) in [5.41, 5.74) is -0.609. The van der Waals surface area contributed by atoms with E-state index in [-0.39, 0.29) is 23.4 Å². The first kappa shape index (κ1) is 13.1. The van der Waals surface area contributed by atoms with Gasteiger partial charge in [0.15, 0.2) is 0 Å². The van der Waals surface area contributed by atoms with Crippen molar-refractivity contribution in [3.8, 4) is 0 Å². The van der Waals surface area contributed by atoms with Crippen molar-refractivity contribution in [2.45, 2.75) is 19.1 Å². The van der Waals surface area contributed by atoms with Crippen molar-refractivity contribution in [2.24, 2.45) is 0 Å². The van der Waals surface area contributed by atoms with Crippen LogP contribution in [0.4, 0.5) is 18.9 Å². The van der Waals surface area contributed by atoms with Gasteiger partial charge in [-0.2, -0.15) is 13.2 Å². The second kappa shape index (κ2) is 4.93. The molecule has 0 bridgehead atoms. The lowest BCUT2D eigenvalue weighted by molar-refractivity contribution is -0.137. The Kier molecular flexibility index (Phi) is 4.04. The number of aliphatic hydroxyl groups excluding tert-OH is 1. The fourth-order valence-electron chi connectivity index (χ4n) is 1.16. The van der Waals surface area contributed by atoms with Crippen molar-refractivity contribution in [1.82, 2.24) is 0 Å². The van der Waals surface area contributed by atoms with Gasteiger partial charge in [-0.3, -0.25) is 0 Å². The van der Waals surface area contributed by atoms with E-state index in [0.717, 1.165) is 6.07 Å². The molecule has 1 rings (SSSR count). The third kappa shape index (κ3) is 3.28. The maximum Gasteiger partial charge on any atom is 0.417 e. The van der Waals surface area contributed by atoms with Gasteiger partial charge < -0.3 is 10.4 Å². The number of benzene rings is 1. The summed E-state index contributed by atoms with van der Waals surface area (Å²) in [5, 5.41) is 11.2. The molecule has 90 valence electrons. The van der Waals surface area contributed by atoms with Gasteiger partial charge in [0.05, 0.1) is 17.2 Å². The highest BCUT2D eigenvalue weighted by molar-refractivity contribution is 6.31. The largest absolute Gasteiger partial charge is 0.417 e. The highest BCUT2D eigenvalue weighted by Gasteiger charge is 2.33. The summed E-state index contributed by atoms with van der Waals surface area (Å²) in [6.45, 7) is 1.49. The van der Waals surface area contributed by atoms with E-state index in [1.165, 1.54) is 12.1 Å². The van der Waals surface area contributed by atoms with Gasteiger partial charge in [-0.25, -0.2) is 0 Å². The molecule has 0 aliphatic rings. The van der Waals surface area contributed by atoms with E-state index in [4.69, 9.17) is 16.7 Å². The molecule has 1 aromatic carbocycles.